The maximum atomic E-state index is 13.8. The molecule has 1 heterocycles. The Hall–Kier alpha value is -3.39. The van der Waals surface area contributed by atoms with Crippen LogP contribution in [0.4, 0.5) is 51.6 Å². The van der Waals surface area contributed by atoms with E-state index in [0.29, 0.717) is 11.0 Å². The molecule has 1 N–H and O–H groups in total. The quantitative estimate of drug-likeness (QED) is 0.651. The third kappa shape index (κ3) is 7.42. The molecule has 0 fully saturated rings. The highest BCUT2D eigenvalue weighted by molar-refractivity contribution is 6.00. The summed E-state index contributed by atoms with van der Waals surface area (Å²) in [6.45, 7) is -3.70. The zero-order valence-electron chi connectivity index (χ0n) is 15.3. The van der Waals surface area contributed by atoms with Crippen LogP contribution in [-0.4, -0.2) is 48.6 Å². The van der Waals surface area contributed by atoms with E-state index in [-0.39, 0.29) is 0 Å². The Bertz CT molecular complexity index is 880. The zero-order valence-corrected chi connectivity index (χ0v) is 15.3. The normalized spacial score (nSPS) is 11.8. The molecule has 0 radical (unpaired) electrons. The molecule has 0 atom stereocenters. The van der Waals surface area contributed by atoms with Crippen molar-refractivity contribution in [3.05, 3.63) is 35.9 Å². The summed E-state index contributed by atoms with van der Waals surface area (Å²) in [5, 5.41) is 1.88. The van der Waals surface area contributed by atoms with Crippen LogP contribution in [0.2, 0.25) is 0 Å². The summed E-state index contributed by atoms with van der Waals surface area (Å²) in [6, 6.07) is 2.02. The van der Waals surface area contributed by atoms with Crippen molar-refractivity contribution in [1.29, 1.82) is 0 Å². The molecule has 0 aliphatic heterocycles. The zero-order chi connectivity index (χ0) is 23.4. The van der Waals surface area contributed by atoms with Gasteiger partial charge in [-0.2, -0.15) is 36.3 Å². The third-order valence-corrected chi connectivity index (χ3v) is 3.24. The molecule has 0 saturated heterocycles. The highest BCUT2D eigenvalue weighted by atomic mass is 19.4. The van der Waals surface area contributed by atoms with E-state index < -0.39 is 66.6 Å². The summed E-state index contributed by atoms with van der Waals surface area (Å²) in [7, 11) is 0.946. The van der Waals surface area contributed by atoms with Gasteiger partial charge in [0.25, 0.3) is 0 Å². The van der Waals surface area contributed by atoms with Gasteiger partial charge in [0.15, 0.2) is 13.2 Å². The van der Waals surface area contributed by atoms with Gasteiger partial charge in [-0.1, -0.05) is 6.07 Å². The monoisotopic (exact) mass is 460 g/mol. The minimum atomic E-state index is -4.80. The molecular weight excluding hydrogens is 448 g/mol. The molecule has 0 unspecified atom stereocenters. The van der Waals surface area contributed by atoms with Crippen LogP contribution in [0.3, 0.4) is 0 Å². The molecule has 31 heavy (non-hydrogen) atoms. The number of nitrogens with one attached hydrogen (secondary N) is 1. The Morgan fingerprint density at radius 2 is 1.42 bits per heavy atom. The van der Waals surface area contributed by atoms with Crippen molar-refractivity contribution in [2.45, 2.75) is 12.4 Å². The van der Waals surface area contributed by atoms with E-state index in [1.54, 1.807) is 0 Å². The Morgan fingerprint density at radius 1 is 0.968 bits per heavy atom. The maximum Gasteiger partial charge on any atom is 0.422 e. The van der Waals surface area contributed by atoms with E-state index in [9.17, 15) is 39.9 Å². The van der Waals surface area contributed by atoms with Gasteiger partial charge in [-0.15, -0.1) is 0 Å². The minimum Gasteiger partial charge on any atom is -0.468 e. The topological polar surface area (TPSA) is 76.6 Å². The fraction of sp³-hybridized carbons (Fsp3) is 0.312. The van der Waals surface area contributed by atoms with Crippen LogP contribution >= 0.6 is 0 Å². The number of carbonyl (C=O) groups excluding carboxylic acids is 1. The lowest BCUT2D eigenvalue weighted by molar-refractivity contribution is -0.154. The first-order chi connectivity index (χ1) is 14.2. The predicted octanol–water partition coefficient (Wildman–Crippen LogP) is 4.31. The van der Waals surface area contributed by atoms with Gasteiger partial charge >= 0.3 is 18.4 Å². The lowest BCUT2D eigenvalue weighted by Crippen LogP contribution is -2.33. The van der Waals surface area contributed by atoms with E-state index in [2.05, 4.69) is 19.4 Å². The van der Waals surface area contributed by atoms with Crippen LogP contribution in [0.5, 0.6) is 11.8 Å². The maximum absolute atomic E-state index is 13.8. The highest BCUT2D eigenvalue weighted by Crippen LogP contribution is 2.25. The fourth-order valence-corrected chi connectivity index (χ4v) is 2.01. The van der Waals surface area contributed by atoms with Gasteiger partial charge in [-0.05, 0) is 12.1 Å². The number of amides is 2. The molecule has 0 aliphatic carbocycles. The SMILES string of the molecule is CN(C(=O)Nc1nc(OCC(F)(F)F)cc(OCC(F)(F)F)n1)c1c(F)cccc1F. The molecule has 0 aliphatic rings. The third-order valence-electron chi connectivity index (χ3n) is 3.24. The number of anilines is 2. The number of ether oxygens (including phenoxy) is 2. The van der Waals surface area contributed by atoms with Crippen molar-refractivity contribution < 1.29 is 49.4 Å². The molecule has 0 saturated carbocycles. The van der Waals surface area contributed by atoms with Gasteiger partial charge in [-0.25, -0.2) is 13.6 Å². The number of halogens is 8. The average Bonchev–Trinajstić information content (AvgIpc) is 2.63. The first-order valence-electron chi connectivity index (χ1n) is 8.02. The largest absolute Gasteiger partial charge is 0.468 e. The number of benzene rings is 1. The number of hydrogen-bond acceptors (Lipinski definition) is 5. The summed E-state index contributed by atoms with van der Waals surface area (Å²) >= 11 is 0. The smallest absolute Gasteiger partial charge is 0.422 e. The van der Waals surface area contributed by atoms with Gasteiger partial charge in [0, 0.05) is 7.05 Å². The number of carbonyl (C=O) groups is 1. The summed E-state index contributed by atoms with van der Waals surface area (Å²) in [5.74, 6) is -4.82. The van der Waals surface area contributed by atoms with E-state index in [4.69, 9.17) is 0 Å². The number of alkyl halides is 6. The molecule has 0 spiro atoms. The summed E-state index contributed by atoms with van der Waals surface area (Å²) in [6.07, 6.45) is -9.60. The molecule has 0 bridgehead atoms. The highest BCUT2D eigenvalue weighted by Gasteiger charge is 2.31. The Balaban J connectivity index is 2.27. The van der Waals surface area contributed by atoms with Crippen LogP contribution < -0.4 is 19.7 Å². The molecule has 170 valence electrons. The number of aromatic nitrogens is 2. The number of nitrogens with zero attached hydrogens (tertiary/aromatic N) is 3. The van der Waals surface area contributed by atoms with E-state index in [1.807, 2.05) is 5.32 Å². The molecule has 1 aromatic heterocycles. The standard InChI is InChI=1S/C16H12F8N4O3/c1-28(12-8(17)3-2-4-9(12)18)14(29)27-13-25-10(30-6-15(19,20)21)5-11(26-13)31-7-16(22,23)24/h2-5H,6-7H2,1H3,(H,25,26,27,29). The first kappa shape index (κ1) is 23.9. The molecule has 7 nitrogen and oxygen atoms in total. The second-order valence-electron chi connectivity index (χ2n) is 5.74. The van der Waals surface area contributed by atoms with Crippen LogP contribution in [0.1, 0.15) is 0 Å². The Morgan fingerprint density at radius 3 is 1.84 bits per heavy atom. The van der Waals surface area contributed by atoms with Crippen molar-refractivity contribution in [1.82, 2.24) is 9.97 Å². The minimum absolute atomic E-state index is 0.452. The number of urea groups is 1. The average molecular weight is 460 g/mol. The molecule has 2 aromatic rings. The fourth-order valence-electron chi connectivity index (χ4n) is 2.01. The summed E-state index contributed by atoms with van der Waals surface area (Å²) in [5.41, 5.74) is -0.780. The molecular formula is C16H12F8N4O3. The summed E-state index contributed by atoms with van der Waals surface area (Å²) in [4.78, 5) is 19.5. The predicted molar refractivity (Wildman–Crippen MR) is 88.9 cm³/mol. The number of rotatable bonds is 6. The molecule has 1 aromatic carbocycles. The molecule has 15 heteroatoms. The van der Waals surface area contributed by atoms with Crippen molar-refractivity contribution in [3.63, 3.8) is 0 Å². The van der Waals surface area contributed by atoms with Crippen LogP contribution in [0, 0.1) is 11.6 Å². The van der Waals surface area contributed by atoms with Gasteiger partial charge in [0.2, 0.25) is 17.7 Å². The van der Waals surface area contributed by atoms with Gasteiger partial charge in [0.05, 0.1) is 6.07 Å². The number of para-hydroxylation sites is 1. The second kappa shape index (κ2) is 9.18. The lowest BCUT2D eigenvalue weighted by Gasteiger charge is -2.19. The van der Waals surface area contributed by atoms with E-state index in [1.165, 1.54) is 0 Å². The Labute approximate surface area is 168 Å². The van der Waals surface area contributed by atoms with Crippen molar-refractivity contribution >= 4 is 17.7 Å². The summed E-state index contributed by atoms with van der Waals surface area (Å²) < 4.78 is 110. The Kier molecular flexibility index (Phi) is 7.07. The van der Waals surface area contributed by atoms with E-state index in [0.717, 1.165) is 25.2 Å². The first-order valence-corrected chi connectivity index (χ1v) is 8.02. The second-order valence-corrected chi connectivity index (χ2v) is 5.74. The van der Waals surface area contributed by atoms with Crippen molar-refractivity contribution in [3.8, 4) is 11.8 Å². The van der Waals surface area contributed by atoms with E-state index >= 15 is 0 Å². The van der Waals surface area contributed by atoms with Crippen LogP contribution in [-0.2, 0) is 0 Å². The lowest BCUT2D eigenvalue weighted by atomic mass is 10.2. The number of hydrogen-bond donors (Lipinski definition) is 1. The van der Waals surface area contributed by atoms with Gasteiger partial charge in [-0.3, -0.25) is 10.2 Å². The van der Waals surface area contributed by atoms with Crippen molar-refractivity contribution in [2.24, 2.45) is 0 Å². The molecule has 2 rings (SSSR count). The van der Waals surface area contributed by atoms with Crippen LogP contribution in [0.15, 0.2) is 24.3 Å². The van der Waals surface area contributed by atoms with Gasteiger partial charge < -0.3 is 9.47 Å². The van der Waals surface area contributed by atoms with Crippen LogP contribution in [0.25, 0.3) is 0 Å². The molecule has 2 amide bonds. The van der Waals surface area contributed by atoms with Crippen molar-refractivity contribution in [2.75, 3.05) is 30.5 Å². The van der Waals surface area contributed by atoms with Gasteiger partial charge in [0.1, 0.15) is 17.3 Å².